The molecule has 0 saturated carbocycles. The highest BCUT2D eigenvalue weighted by Crippen LogP contribution is 2.33. The van der Waals surface area contributed by atoms with E-state index in [1.165, 1.54) is 7.11 Å². The second-order valence-electron chi connectivity index (χ2n) is 4.35. The molecule has 2 N–H and O–H groups in total. The molecule has 1 atom stereocenters. The molecule has 0 saturated heterocycles. The second kappa shape index (κ2) is 6.07. The van der Waals surface area contributed by atoms with Gasteiger partial charge in [-0.15, -0.1) is 12.4 Å². The van der Waals surface area contributed by atoms with Gasteiger partial charge in [0.1, 0.15) is 11.5 Å². The van der Waals surface area contributed by atoms with E-state index in [1.54, 1.807) is 13.8 Å². The monoisotopic (exact) mass is 261 g/mol. The quantitative estimate of drug-likeness (QED) is 0.846. The first kappa shape index (κ1) is 16.0. The first-order chi connectivity index (χ1) is 7.43. The van der Waals surface area contributed by atoms with Crippen LogP contribution in [0, 0.1) is 5.41 Å². The molecule has 0 aliphatic carbocycles. The maximum Gasteiger partial charge on any atom is 0.313 e. The molecule has 17 heavy (non-hydrogen) atoms. The number of rotatable bonds is 4. The van der Waals surface area contributed by atoms with Crippen LogP contribution >= 0.6 is 12.4 Å². The number of carbonyl (C=O) groups excluding carboxylic acids is 1. The van der Waals surface area contributed by atoms with Gasteiger partial charge in [0.2, 0.25) is 0 Å². The van der Waals surface area contributed by atoms with Crippen LogP contribution in [0.1, 0.15) is 38.3 Å². The molecule has 1 aromatic rings. The molecule has 0 aromatic carbocycles. The third kappa shape index (κ3) is 3.23. The molecule has 0 bridgehead atoms. The van der Waals surface area contributed by atoms with Crippen molar-refractivity contribution in [2.45, 2.75) is 33.2 Å². The Balaban J connectivity index is 0.00000256. The van der Waals surface area contributed by atoms with E-state index in [4.69, 9.17) is 14.9 Å². The number of hydrogen-bond acceptors (Lipinski definition) is 4. The summed E-state index contributed by atoms with van der Waals surface area (Å²) in [6, 6.07) is 3.19. The van der Waals surface area contributed by atoms with Gasteiger partial charge in [-0.3, -0.25) is 4.79 Å². The summed E-state index contributed by atoms with van der Waals surface area (Å²) in [7, 11) is 1.36. The minimum atomic E-state index is -0.794. The van der Waals surface area contributed by atoms with Crippen molar-refractivity contribution in [2.24, 2.45) is 11.1 Å². The van der Waals surface area contributed by atoms with E-state index in [-0.39, 0.29) is 18.4 Å². The third-order valence-corrected chi connectivity index (χ3v) is 2.83. The Bertz CT molecular complexity index is 374. The van der Waals surface area contributed by atoms with E-state index in [1.807, 2.05) is 19.1 Å². The van der Waals surface area contributed by atoms with Gasteiger partial charge in [-0.05, 0) is 26.0 Å². The van der Waals surface area contributed by atoms with Crippen molar-refractivity contribution < 1.29 is 13.9 Å². The molecule has 98 valence electrons. The standard InChI is InChI=1S/C12H19NO3.ClH/c1-5-8-6-7-9(16-8)10(13)12(2,3)11(14)15-4;/h6-7,10H,5,13H2,1-4H3;1H/t10-;/m0./s1. The molecule has 0 spiro atoms. The summed E-state index contributed by atoms with van der Waals surface area (Å²) in [5.74, 6) is 1.15. The second-order valence-corrected chi connectivity index (χ2v) is 4.35. The molecule has 0 radical (unpaired) electrons. The minimum absolute atomic E-state index is 0. The Hall–Kier alpha value is -1.00. The van der Waals surface area contributed by atoms with Gasteiger partial charge in [0.15, 0.2) is 0 Å². The van der Waals surface area contributed by atoms with Gasteiger partial charge >= 0.3 is 5.97 Å². The Labute approximate surface area is 108 Å². The summed E-state index contributed by atoms with van der Waals surface area (Å²) in [6.45, 7) is 5.49. The van der Waals surface area contributed by atoms with Crippen LogP contribution in [0.3, 0.4) is 0 Å². The zero-order valence-corrected chi connectivity index (χ0v) is 11.5. The van der Waals surface area contributed by atoms with Gasteiger partial charge in [-0.2, -0.15) is 0 Å². The zero-order valence-electron chi connectivity index (χ0n) is 10.6. The fourth-order valence-corrected chi connectivity index (χ4v) is 1.50. The van der Waals surface area contributed by atoms with Gasteiger partial charge in [0.05, 0.1) is 18.6 Å². The largest absolute Gasteiger partial charge is 0.469 e. The highest BCUT2D eigenvalue weighted by Gasteiger charge is 2.38. The number of hydrogen-bond donors (Lipinski definition) is 1. The molecule has 1 aromatic heterocycles. The molecule has 0 aliphatic heterocycles. The van der Waals surface area contributed by atoms with Crippen LogP contribution < -0.4 is 5.73 Å². The molecule has 0 aliphatic rings. The zero-order chi connectivity index (χ0) is 12.3. The number of methoxy groups -OCH3 is 1. The van der Waals surface area contributed by atoms with E-state index in [2.05, 4.69) is 0 Å². The number of ether oxygens (including phenoxy) is 1. The Morgan fingerprint density at radius 2 is 2.12 bits per heavy atom. The molecular formula is C12H20ClNO3. The predicted octanol–water partition coefficient (Wildman–Crippen LogP) is 2.46. The van der Waals surface area contributed by atoms with Gasteiger partial charge in [-0.1, -0.05) is 6.92 Å². The van der Waals surface area contributed by atoms with E-state index >= 15 is 0 Å². The number of halogens is 1. The lowest BCUT2D eigenvalue weighted by Gasteiger charge is -2.26. The predicted molar refractivity (Wildman–Crippen MR) is 68.1 cm³/mol. The Morgan fingerprint density at radius 1 is 1.53 bits per heavy atom. The van der Waals surface area contributed by atoms with Gasteiger partial charge in [0, 0.05) is 6.42 Å². The van der Waals surface area contributed by atoms with Crippen molar-refractivity contribution in [1.29, 1.82) is 0 Å². The molecule has 0 fully saturated rings. The van der Waals surface area contributed by atoms with Crippen LogP contribution in [0.25, 0.3) is 0 Å². The summed E-state index contributed by atoms with van der Waals surface area (Å²) in [5.41, 5.74) is 5.23. The van der Waals surface area contributed by atoms with Gasteiger partial charge in [0.25, 0.3) is 0 Å². The van der Waals surface area contributed by atoms with Crippen LogP contribution in [0.5, 0.6) is 0 Å². The summed E-state index contributed by atoms with van der Waals surface area (Å²) in [6.07, 6.45) is 0.811. The van der Waals surface area contributed by atoms with Crippen LogP contribution in [0.15, 0.2) is 16.5 Å². The van der Waals surface area contributed by atoms with Crippen LogP contribution in [-0.4, -0.2) is 13.1 Å². The maximum atomic E-state index is 11.6. The first-order valence-electron chi connectivity index (χ1n) is 5.36. The lowest BCUT2D eigenvalue weighted by Crippen LogP contribution is -2.37. The first-order valence-corrected chi connectivity index (χ1v) is 5.36. The summed E-state index contributed by atoms with van der Waals surface area (Å²) in [5, 5.41) is 0. The highest BCUT2D eigenvalue weighted by molar-refractivity contribution is 5.85. The molecule has 1 rings (SSSR count). The number of nitrogens with two attached hydrogens (primary N) is 1. The van der Waals surface area contributed by atoms with Crippen molar-refractivity contribution in [3.05, 3.63) is 23.7 Å². The number of aryl methyl sites for hydroxylation is 1. The summed E-state index contributed by atoms with van der Waals surface area (Å²) in [4.78, 5) is 11.6. The Kier molecular flexibility index (Phi) is 5.72. The fourth-order valence-electron chi connectivity index (χ4n) is 1.50. The number of esters is 1. The number of carbonyl (C=O) groups is 1. The van der Waals surface area contributed by atoms with Crippen LogP contribution in [0.2, 0.25) is 0 Å². The molecule has 0 unspecified atom stereocenters. The van der Waals surface area contributed by atoms with Crippen molar-refractivity contribution in [2.75, 3.05) is 7.11 Å². The van der Waals surface area contributed by atoms with E-state index in [0.717, 1.165) is 12.2 Å². The normalized spacial score (nSPS) is 12.8. The fraction of sp³-hybridized carbons (Fsp3) is 0.583. The van der Waals surface area contributed by atoms with E-state index in [9.17, 15) is 4.79 Å². The minimum Gasteiger partial charge on any atom is -0.469 e. The van der Waals surface area contributed by atoms with Gasteiger partial charge in [-0.25, -0.2) is 0 Å². The van der Waals surface area contributed by atoms with E-state index in [0.29, 0.717) is 5.76 Å². The van der Waals surface area contributed by atoms with Crippen LogP contribution in [-0.2, 0) is 16.0 Å². The summed E-state index contributed by atoms with van der Waals surface area (Å²) < 4.78 is 10.3. The summed E-state index contributed by atoms with van der Waals surface area (Å²) >= 11 is 0. The SMILES string of the molecule is CCc1ccc([C@H](N)C(C)(C)C(=O)OC)o1.Cl. The topological polar surface area (TPSA) is 65.5 Å². The molecular weight excluding hydrogens is 242 g/mol. The molecule has 1 heterocycles. The molecule has 0 amide bonds. The average Bonchev–Trinajstić information content (AvgIpc) is 2.75. The Morgan fingerprint density at radius 3 is 2.53 bits per heavy atom. The smallest absolute Gasteiger partial charge is 0.313 e. The van der Waals surface area contributed by atoms with Crippen molar-refractivity contribution >= 4 is 18.4 Å². The lowest BCUT2D eigenvalue weighted by molar-refractivity contribution is -0.152. The van der Waals surface area contributed by atoms with E-state index < -0.39 is 11.5 Å². The number of furan rings is 1. The van der Waals surface area contributed by atoms with Crippen molar-refractivity contribution in [3.63, 3.8) is 0 Å². The van der Waals surface area contributed by atoms with Crippen molar-refractivity contribution in [1.82, 2.24) is 0 Å². The molecule has 4 nitrogen and oxygen atoms in total. The van der Waals surface area contributed by atoms with Gasteiger partial charge < -0.3 is 14.9 Å². The van der Waals surface area contributed by atoms with Crippen LogP contribution in [0.4, 0.5) is 0 Å². The highest BCUT2D eigenvalue weighted by atomic mass is 35.5. The molecule has 5 heteroatoms. The maximum absolute atomic E-state index is 11.6. The lowest BCUT2D eigenvalue weighted by atomic mass is 9.83. The van der Waals surface area contributed by atoms with Crippen molar-refractivity contribution in [3.8, 4) is 0 Å². The average molecular weight is 262 g/mol. The third-order valence-electron chi connectivity index (χ3n) is 2.83.